The summed E-state index contributed by atoms with van der Waals surface area (Å²) in [4.78, 5) is 34.7. The summed E-state index contributed by atoms with van der Waals surface area (Å²) >= 11 is 0. The van der Waals surface area contributed by atoms with Crippen LogP contribution < -0.4 is 5.73 Å². The number of aliphatic hydroxyl groups excluding tert-OH is 2. The van der Waals surface area contributed by atoms with Crippen LogP contribution in [0.2, 0.25) is 0 Å². The number of ether oxygens (including phenoxy) is 2. The standard InChI is InChI=1S/C39H68NO10P/c1-3-5-7-9-11-12-13-14-15-17-23-29-38(43)47-33-37(34-49-51(45,46)48-32-31-40)50-39(44)30-24-28-36(42)27-22-19-18-21-26-35(41)25-20-16-10-8-6-4-2/h9,11,16,18-22,26-27,35-37,41-42H,3-8,10,12-15,17,23-25,28-34,40H2,1-2H3,(H,45,46)/b11-9-,19-18+,20-16-,26-21+,27-22-/t35-,36-,37+/m0/s1. The lowest BCUT2D eigenvalue weighted by atomic mass is 10.1. The van der Waals surface area contributed by atoms with Gasteiger partial charge in [-0.25, -0.2) is 4.57 Å². The lowest BCUT2D eigenvalue weighted by Gasteiger charge is -2.20. The molecule has 0 fully saturated rings. The Bertz CT molecular complexity index is 1060. The maximum Gasteiger partial charge on any atom is 0.472 e. The van der Waals surface area contributed by atoms with Gasteiger partial charge in [-0.3, -0.25) is 18.6 Å². The zero-order valence-electron chi connectivity index (χ0n) is 31.3. The Kier molecular flexibility index (Phi) is 33.1. The molecule has 0 aromatic heterocycles. The molecule has 1 unspecified atom stereocenters. The lowest BCUT2D eigenvalue weighted by Crippen LogP contribution is -2.29. The molecule has 11 nitrogen and oxygen atoms in total. The van der Waals surface area contributed by atoms with Crippen molar-refractivity contribution in [3.05, 3.63) is 60.8 Å². The largest absolute Gasteiger partial charge is 0.472 e. The van der Waals surface area contributed by atoms with Crippen molar-refractivity contribution < 1.29 is 47.8 Å². The van der Waals surface area contributed by atoms with Crippen LogP contribution in [-0.4, -0.2) is 71.7 Å². The maximum atomic E-state index is 12.5. The molecule has 0 aromatic carbocycles. The highest BCUT2D eigenvalue weighted by Crippen LogP contribution is 2.43. The van der Waals surface area contributed by atoms with Crippen molar-refractivity contribution in [1.29, 1.82) is 0 Å². The molecule has 294 valence electrons. The van der Waals surface area contributed by atoms with Gasteiger partial charge in [0.05, 0.1) is 25.4 Å². The van der Waals surface area contributed by atoms with E-state index in [1.807, 2.05) is 6.08 Å². The summed E-state index contributed by atoms with van der Waals surface area (Å²) in [6.45, 7) is 3.29. The van der Waals surface area contributed by atoms with E-state index in [4.69, 9.17) is 24.3 Å². The second-order valence-electron chi connectivity index (χ2n) is 12.5. The van der Waals surface area contributed by atoms with E-state index in [1.54, 1.807) is 36.5 Å². The zero-order valence-corrected chi connectivity index (χ0v) is 32.2. The fraction of sp³-hybridized carbons (Fsp3) is 0.692. The summed E-state index contributed by atoms with van der Waals surface area (Å²) in [5.74, 6) is -1.09. The number of unbranched alkanes of at least 4 members (excludes halogenated alkanes) is 10. The van der Waals surface area contributed by atoms with Gasteiger partial charge in [-0.05, 0) is 57.8 Å². The summed E-state index contributed by atoms with van der Waals surface area (Å²) in [6, 6.07) is 0. The van der Waals surface area contributed by atoms with Gasteiger partial charge in [0.1, 0.15) is 6.61 Å². The highest BCUT2D eigenvalue weighted by atomic mass is 31.2. The van der Waals surface area contributed by atoms with Gasteiger partial charge in [0.15, 0.2) is 6.10 Å². The second kappa shape index (κ2) is 34.7. The third-order valence-corrected chi connectivity index (χ3v) is 8.55. The van der Waals surface area contributed by atoms with E-state index in [0.717, 1.165) is 44.9 Å². The molecule has 5 N–H and O–H groups in total. The first-order valence-corrected chi connectivity index (χ1v) is 20.5. The van der Waals surface area contributed by atoms with Crippen molar-refractivity contribution in [2.75, 3.05) is 26.4 Å². The highest BCUT2D eigenvalue weighted by molar-refractivity contribution is 7.47. The van der Waals surface area contributed by atoms with Crippen LogP contribution in [-0.2, 0) is 32.7 Å². The van der Waals surface area contributed by atoms with Crippen molar-refractivity contribution >= 4 is 19.8 Å². The number of aliphatic hydroxyl groups is 2. The third kappa shape index (κ3) is 34.5. The van der Waals surface area contributed by atoms with Crippen molar-refractivity contribution in [3.8, 4) is 0 Å². The van der Waals surface area contributed by atoms with Gasteiger partial charge in [-0.2, -0.15) is 0 Å². The van der Waals surface area contributed by atoms with Gasteiger partial charge in [-0.1, -0.05) is 120 Å². The van der Waals surface area contributed by atoms with Crippen LogP contribution in [0.15, 0.2) is 60.8 Å². The number of hydrogen-bond acceptors (Lipinski definition) is 10. The smallest absolute Gasteiger partial charge is 0.462 e. The number of allylic oxidation sites excluding steroid dienone is 7. The summed E-state index contributed by atoms with van der Waals surface area (Å²) in [7, 11) is -4.44. The monoisotopic (exact) mass is 741 g/mol. The Balaban J connectivity index is 4.55. The van der Waals surface area contributed by atoms with E-state index in [0.29, 0.717) is 25.7 Å². The molecule has 0 spiro atoms. The molecule has 0 rings (SSSR count). The molecule has 0 aliphatic rings. The lowest BCUT2D eigenvalue weighted by molar-refractivity contribution is -0.161. The summed E-state index contributed by atoms with van der Waals surface area (Å²) < 4.78 is 32.4. The Morgan fingerprint density at radius 3 is 1.96 bits per heavy atom. The van der Waals surface area contributed by atoms with E-state index in [9.17, 15) is 29.3 Å². The molecule has 12 heteroatoms. The van der Waals surface area contributed by atoms with Crippen LogP contribution in [0.3, 0.4) is 0 Å². The molecule has 0 bridgehead atoms. The molecule has 4 atom stereocenters. The minimum atomic E-state index is -4.44. The Morgan fingerprint density at radius 1 is 0.686 bits per heavy atom. The highest BCUT2D eigenvalue weighted by Gasteiger charge is 2.26. The molecular weight excluding hydrogens is 673 g/mol. The Hall–Kier alpha value is -2.37. The Morgan fingerprint density at radius 2 is 1.27 bits per heavy atom. The van der Waals surface area contributed by atoms with Crippen molar-refractivity contribution in [2.45, 2.75) is 148 Å². The van der Waals surface area contributed by atoms with E-state index in [2.05, 4.69) is 32.1 Å². The van der Waals surface area contributed by atoms with Crippen LogP contribution in [0.4, 0.5) is 0 Å². The zero-order chi connectivity index (χ0) is 37.8. The Labute approximate surface area is 307 Å². The fourth-order valence-corrected chi connectivity index (χ4v) is 5.40. The van der Waals surface area contributed by atoms with Gasteiger partial charge in [-0.15, -0.1) is 0 Å². The number of phosphoric ester groups is 1. The van der Waals surface area contributed by atoms with E-state index < -0.39 is 44.7 Å². The average molecular weight is 742 g/mol. The predicted octanol–water partition coefficient (Wildman–Crippen LogP) is 8.10. The average Bonchev–Trinajstić information content (AvgIpc) is 3.10. The number of rotatable bonds is 34. The number of esters is 2. The molecule has 0 heterocycles. The summed E-state index contributed by atoms with van der Waals surface area (Å²) in [6.07, 6.45) is 31.7. The van der Waals surface area contributed by atoms with E-state index in [1.165, 1.54) is 32.1 Å². The number of phosphoric acid groups is 1. The van der Waals surface area contributed by atoms with Crippen LogP contribution in [0.5, 0.6) is 0 Å². The van der Waals surface area contributed by atoms with Crippen molar-refractivity contribution in [1.82, 2.24) is 0 Å². The van der Waals surface area contributed by atoms with Gasteiger partial charge in [0.2, 0.25) is 0 Å². The minimum Gasteiger partial charge on any atom is -0.462 e. The van der Waals surface area contributed by atoms with Gasteiger partial charge in [0.25, 0.3) is 0 Å². The molecule has 0 radical (unpaired) electrons. The molecule has 0 aromatic rings. The maximum absolute atomic E-state index is 12.5. The first-order valence-electron chi connectivity index (χ1n) is 19.0. The molecular formula is C39H68NO10P. The molecule has 0 aliphatic carbocycles. The normalized spacial score (nSPS) is 15.3. The number of hydrogen-bond donors (Lipinski definition) is 4. The molecule has 0 saturated heterocycles. The summed E-state index contributed by atoms with van der Waals surface area (Å²) in [5, 5.41) is 20.2. The number of carbonyl (C=O) groups is 2. The van der Waals surface area contributed by atoms with Crippen molar-refractivity contribution in [3.63, 3.8) is 0 Å². The fourth-order valence-electron chi connectivity index (χ4n) is 4.63. The SMILES string of the molecule is CCCC/C=C\CCCCCCCC(=O)OC[C@H](COP(=O)(O)OCCN)OC(=O)CCC[C@@H](O)\C=C/C=C/C=C/[C@@H](O)C/C=C\CCCCC. The van der Waals surface area contributed by atoms with Gasteiger partial charge in [0, 0.05) is 19.4 Å². The van der Waals surface area contributed by atoms with Crippen molar-refractivity contribution in [2.24, 2.45) is 5.73 Å². The molecule has 51 heavy (non-hydrogen) atoms. The molecule has 0 saturated carbocycles. The minimum absolute atomic E-state index is 0.00983. The molecule has 0 amide bonds. The second-order valence-corrected chi connectivity index (χ2v) is 13.9. The van der Waals surface area contributed by atoms with Gasteiger partial charge >= 0.3 is 19.8 Å². The van der Waals surface area contributed by atoms with Crippen LogP contribution in [0.25, 0.3) is 0 Å². The van der Waals surface area contributed by atoms with Crippen LogP contribution >= 0.6 is 7.82 Å². The number of nitrogens with two attached hydrogens (primary N) is 1. The van der Waals surface area contributed by atoms with E-state index >= 15 is 0 Å². The predicted molar refractivity (Wildman–Crippen MR) is 204 cm³/mol. The van der Waals surface area contributed by atoms with Gasteiger partial charge < -0.3 is 30.3 Å². The third-order valence-electron chi connectivity index (χ3n) is 7.57. The topological polar surface area (TPSA) is 175 Å². The molecule has 0 aliphatic heterocycles. The quantitative estimate of drug-likeness (QED) is 0.0165. The van der Waals surface area contributed by atoms with Crippen LogP contribution in [0, 0.1) is 0 Å². The number of carbonyl (C=O) groups excluding carboxylic acids is 2. The van der Waals surface area contributed by atoms with E-state index in [-0.39, 0.29) is 32.6 Å². The first kappa shape index (κ1) is 48.6. The van der Waals surface area contributed by atoms with Crippen LogP contribution in [0.1, 0.15) is 129 Å². The first-order chi connectivity index (χ1) is 24.6. The summed E-state index contributed by atoms with van der Waals surface area (Å²) in [5.41, 5.74) is 5.31.